The minimum absolute atomic E-state index is 0.130. The van der Waals surface area contributed by atoms with Crippen molar-refractivity contribution in [1.82, 2.24) is 4.98 Å². The fraction of sp³-hybridized carbons (Fsp3) is 0.167. The topological polar surface area (TPSA) is 50.2 Å². The first kappa shape index (κ1) is 12.3. The normalized spacial score (nSPS) is 10.4. The molecule has 1 aromatic heterocycles. The molecule has 0 saturated heterocycles. The highest BCUT2D eigenvalue weighted by Crippen LogP contribution is 2.28. The lowest BCUT2D eigenvalue weighted by Crippen LogP contribution is -1.96. The lowest BCUT2D eigenvalue weighted by molar-refractivity contribution is -0.136. The molecule has 3 nitrogen and oxygen atoms in total. The van der Waals surface area contributed by atoms with Gasteiger partial charge in [0.2, 0.25) is 0 Å². The van der Waals surface area contributed by atoms with Crippen LogP contribution in [0, 0.1) is 0 Å². The number of carboxylic acids is 1. The summed E-state index contributed by atoms with van der Waals surface area (Å²) >= 11 is 4.96. The van der Waals surface area contributed by atoms with Crippen LogP contribution in [0.15, 0.2) is 34.9 Å². The van der Waals surface area contributed by atoms with Crippen molar-refractivity contribution < 1.29 is 9.90 Å². The second-order valence-corrected chi connectivity index (χ2v) is 5.55. The van der Waals surface area contributed by atoms with Crippen molar-refractivity contribution >= 4 is 33.2 Å². The summed E-state index contributed by atoms with van der Waals surface area (Å²) in [5.74, 6) is -0.788. The summed E-state index contributed by atoms with van der Waals surface area (Å²) in [7, 11) is 0. The molecule has 0 fully saturated rings. The van der Waals surface area contributed by atoms with Crippen LogP contribution in [-0.2, 0) is 11.2 Å². The molecule has 0 amide bonds. The van der Waals surface area contributed by atoms with Gasteiger partial charge in [-0.2, -0.15) is 0 Å². The van der Waals surface area contributed by atoms with Gasteiger partial charge < -0.3 is 5.11 Å². The van der Waals surface area contributed by atoms with E-state index < -0.39 is 5.97 Å². The molecule has 0 unspecified atom stereocenters. The third-order valence-electron chi connectivity index (χ3n) is 2.22. The summed E-state index contributed by atoms with van der Waals surface area (Å²) < 4.78 is 1.02. The third kappa shape index (κ3) is 3.38. The largest absolute Gasteiger partial charge is 0.481 e. The minimum atomic E-state index is -0.788. The molecule has 88 valence electrons. The molecule has 0 atom stereocenters. The molecule has 1 aromatic carbocycles. The Morgan fingerprint density at radius 2 is 2.29 bits per heavy atom. The zero-order valence-electron chi connectivity index (χ0n) is 8.89. The Labute approximate surface area is 111 Å². The number of rotatable bonds is 4. The van der Waals surface area contributed by atoms with Crippen LogP contribution in [0.2, 0.25) is 0 Å². The van der Waals surface area contributed by atoms with E-state index in [1.165, 1.54) is 0 Å². The third-order valence-corrected chi connectivity index (χ3v) is 3.81. The zero-order valence-corrected chi connectivity index (χ0v) is 11.3. The summed E-state index contributed by atoms with van der Waals surface area (Å²) in [6, 6.07) is 7.97. The van der Waals surface area contributed by atoms with Gasteiger partial charge in [0.15, 0.2) is 0 Å². The van der Waals surface area contributed by atoms with E-state index in [0.717, 1.165) is 19.9 Å². The maximum absolute atomic E-state index is 10.5. The quantitative estimate of drug-likeness (QED) is 0.938. The number of benzene rings is 1. The Bertz CT molecular complexity index is 539. The van der Waals surface area contributed by atoms with Gasteiger partial charge in [-0.05, 0) is 17.7 Å². The van der Waals surface area contributed by atoms with Crippen LogP contribution in [0.4, 0.5) is 0 Å². The maximum Gasteiger partial charge on any atom is 0.303 e. The zero-order chi connectivity index (χ0) is 12.3. The van der Waals surface area contributed by atoms with Crippen molar-refractivity contribution in [1.29, 1.82) is 0 Å². The van der Waals surface area contributed by atoms with Crippen molar-refractivity contribution in [2.75, 3.05) is 0 Å². The van der Waals surface area contributed by atoms with Crippen molar-refractivity contribution in [3.63, 3.8) is 0 Å². The summed E-state index contributed by atoms with van der Waals surface area (Å²) in [4.78, 5) is 15.8. The lowest BCUT2D eigenvalue weighted by atomic mass is 10.2. The summed E-state index contributed by atoms with van der Waals surface area (Å²) in [5, 5.41) is 9.47. The standard InChI is InChI=1S/C12H10BrNO2S/c13-9-3-1-2-8(6-9)10-7-14-11(17-10)4-5-12(15)16/h1-3,6-7H,4-5H2,(H,15,16). The van der Waals surface area contributed by atoms with Crippen LogP contribution in [-0.4, -0.2) is 16.1 Å². The molecule has 1 heterocycles. The van der Waals surface area contributed by atoms with Crippen LogP contribution in [0.1, 0.15) is 11.4 Å². The summed E-state index contributed by atoms with van der Waals surface area (Å²) in [6.07, 6.45) is 2.42. The summed E-state index contributed by atoms with van der Waals surface area (Å²) in [5.41, 5.74) is 1.10. The smallest absolute Gasteiger partial charge is 0.303 e. The molecule has 0 aliphatic rings. The number of aryl methyl sites for hydroxylation is 1. The van der Waals surface area contributed by atoms with Crippen LogP contribution < -0.4 is 0 Å². The number of hydrogen-bond donors (Lipinski definition) is 1. The van der Waals surface area contributed by atoms with Gasteiger partial charge in [0.1, 0.15) is 0 Å². The molecule has 0 saturated carbocycles. The number of nitrogens with zero attached hydrogens (tertiary/aromatic N) is 1. The average molecular weight is 312 g/mol. The van der Waals surface area contributed by atoms with Gasteiger partial charge >= 0.3 is 5.97 Å². The number of carboxylic acid groups (broad SMARTS) is 1. The molecule has 0 aliphatic carbocycles. The van der Waals surface area contributed by atoms with Gasteiger partial charge in [0.25, 0.3) is 0 Å². The molecule has 5 heteroatoms. The fourth-order valence-electron chi connectivity index (χ4n) is 1.41. The maximum atomic E-state index is 10.5. The first-order valence-corrected chi connectivity index (χ1v) is 6.68. The van der Waals surface area contributed by atoms with Crippen LogP contribution in [0.25, 0.3) is 10.4 Å². The van der Waals surface area contributed by atoms with Crippen molar-refractivity contribution in [2.45, 2.75) is 12.8 Å². The molecular weight excluding hydrogens is 302 g/mol. The lowest BCUT2D eigenvalue weighted by Gasteiger charge is -1.96. The van der Waals surface area contributed by atoms with E-state index >= 15 is 0 Å². The van der Waals surface area contributed by atoms with E-state index in [4.69, 9.17) is 5.11 Å². The number of aromatic nitrogens is 1. The fourth-order valence-corrected chi connectivity index (χ4v) is 2.73. The predicted molar refractivity (Wildman–Crippen MR) is 71.2 cm³/mol. The van der Waals surface area contributed by atoms with E-state index in [1.54, 1.807) is 17.5 Å². The van der Waals surface area contributed by atoms with Gasteiger partial charge in [0, 0.05) is 17.1 Å². The predicted octanol–water partition coefficient (Wildman–Crippen LogP) is 3.59. The number of thiazole rings is 1. The van der Waals surface area contributed by atoms with Crippen LogP contribution in [0.3, 0.4) is 0 Å². The second-order valence-electron chi connectivity index (χ2n) is 3.52. The van der Waals surface area contributed by atoms with E-state index in [-0.39, 0.29) is 6.42 Å². The van der Waals surface area contributed by atoms with Crippen molar-refractivity contribution in [3.05, 3.63) is 39.9 Å². The Morgan fingerprint density at radius 3 is 3.00 bits per heavy atom. The van der Waals surface area contributed by atoms with Gasteiger partial charge in [-0.1, -0.05) is 28.1 Å². The first-order valence-electron chi connectivity index (χ1n) is 5.07. The van der Waals surface area contributed by atoms with Crippen LogP contribution in [0.5, 0.6) is 0 Å². The molecule has 0 bridgehead atoms. The highest BCUT2D eigenvalue weighted by molar-refractivity contribution is 9.10. The first-order chi connectivity index (χ1) is 8.15. The average Bonchev–Trinajstić information content (AvgIpc) is 2.75. The van der Waals surface area contributed by atoms with E-state index in [0.29, 0.717) is 6.42 Å². The molecule has 0 aliphatic heterocycles. The monoisotopic (exact) mass is 311 g/mol. The molecule has 0 radical (unpaired) electrons. The number of halogens is 1. The van der Waals surface area contributed by atoms with Crippen molar-refractivity contribution in [3.8, 4) is 10.4 Å². The number of carbonyl (C=O) groups is 1. The highest BCUT2D eigenvalue weighted by Gasteiger charge is 2.06. The number of hydrogen-bond acceptors (Lipinski definition) is 3. The second kappa shape index (κ2) is 5.42. The molecule has 0 spiro atoms. The Morgan fingerprint density at radius 1 is 1.47 bits per heavy atom. The SMILES string of the molecule is O=C(O)CCc1ncc(-c2cccc(Br)c2)s1. The van der Waals surface area contributed by atoms with Crippen LogP contribution >= 0.6 is 27.3 Å². The Kier molecular flexibility index (Phi) is 3.91. The number of aliphatic carboxylic acids is 1. The van der Waals surface area contributed by atoms with Gasteiger partial charge in [-0.3, -0.25) is 4.79 Å². The Balaban J connectivity index is 2.15. The van der Waals surface area contributed by atoms with Gasteiger partial charge in [-0.25, -0.2) is 4.98 Å². The molecular formula is C12H10BrNO2S. The van der Waals surface area contributed by atoms with E-state index in [1.807, 2.05) is 24.3 Å². The minimum Gasteiger partial charge on any atom is -0.481 e. The molecule has 2 rings (SSSR count). The van der Waals surface area contributed by atoms with E-state index in [2.05, 4.69) is 20.9 Å². The van der Waals surface area contributed by atoms with Gasteiger partial charge in [-0.15, -0.1) is 11.3 Å². The summed E-state index contributed by atoms with van der Waals surface area (Å²) in [6.45, 7) is 0. The van der Waals surface area contributed by atoms with Gasteiger partial charge in [0.05, 0.1) is 16.3 Å². The van der Waals surface area contributed by atoms with E-state index in [9.17, 15) is 4.79 Å². The van der Waals surface area contributed by atoms with Crippen molar-refractivity contribution in [2.24, 2.45) is 0 Å². The molecule has 2 aromatic rings. The highest BCUT2D eigenvalue weighted by atomic mass is 79.9. The molecule has 17 heavy (non-hydrogen) atoms. The Hall–Kier alpha value is -1.20. The molecule has 1 N–H and O–H groups in total.